The van der Waals surface area contributed by atoms with Crippen molar-refractivity contribution in [3.63, 3.8) is 0 Å². The fourth-order valence-electron chi connectivity index (χ4n) is 2.92. The van der Waals surface area contributed by atoms with E-state index in [0.717, 1.165) is 12.0 Å². The second-order valence-electron chi connectivity index (χ2n) is 8.65. The topological polar surface area (TPSA) is 84.9 Å². The van der Waals surface area contributed by atoms with Gasteiger partial charge in [0.25, 0.3) is 5.91 Å². The minimum Gasteiger partial charge on any atom is -0.492 e. The molecule has 0 heterocycles. The average Bonchev–Trinajstić information content (AvgIpc) is 2.74. The predicted molar refractivity (Wildman–Crippen MR) is 128 cm³/mol. The van der Waals surface area contributed by atoms with Crippen molar-refractivity contribution in [1.82, 2.24) is 5.32 Å². The highest BCUT2D eigenvalue weighted by atomic mass is 32.2. The largest absolute Gasteiger partial charge is 0.492 e. The molecule has 0 spiro atoms. The Morgan fingerprint density at radius 3 is 2.09 bits per heavy atom. The molecule has 0 saturated carbocycles. The molecule has 0 bridgehead atoms. The number of ether oxygens (including phenoxy) is 2. The number of benzene rings is 2. The minimum absolute atomic E-state index is 0.0889. The standard InChI is InChI=1S/C24H34N2O5S/c1-7-22(31-21-14-10-19(11-15-21)26(5)32(6,28)29)23(27)25-16-17-30-20-12-8-18(9-13-20)24(2,3)4/h8-15,22H,7,16-17H2,1-6H3,(H,25,27)/t22-/m1/s1. The first-order valence-electron chi connectivity index (χ1n) is 10.6. The number of hydrogen-bond donors (Lipinski definition) is 1. The summed E-state index contributed by atoms with van der Waals surface area (Å²) in [5, 5.41) is 2.83. The third-order valence-electron chi connectivity index (χ3n) is 5.03. The quantitative estimate of drug-likeness (QED) is 0.544. The lowest BCUT2D eigenvalue weighted by molar-refractivity contribution is -0.128. The van der Waals surface area contributed by atoms with Gasteiger partial charge in [0.15, 0.2) is 6.10 Å². The van der Waals surface area contributed by atoms with Crippen LogP contribution in [-0.2, 0) is 20.2 Å². The van der Waals surface area contributed by atoms with Crippen LogP contribution in [0.15, 0.2) is 48.5 Å². The summed E-state index contributed by atoms with van der Waals surface area (Å²) in [4.78, 5) is 12.5. The summed E-state index contributed by atoms with van der Waals surface area (Å²) in [6.45, 7) is 9.05. The molecular weight excluding hydrogens is 428 g/mol. The first-order valence-corrected chi connectivity index (χ1v) is 12.5. The second kappa shape index (κ2) is 10.7. The summed E-state index contributed by atoms with van der Waals surface area (Å²) in [5.74, 6) is 1.03. The Labute approximate surface area is 191 Å². The molecule has 32 heavy (non-hydrogen) atoms. The highest BCUT2D eigenvalue weighted by Crippen LogP contribution is 2.24. The fourth-order valence-corrected chi connectivity index (χ4v) is 3.43. The number of nitrogens with zero attached hydrogens (tertiary/aromatic N) is 1. The maximum Gasteiger partial charge on any atom is 0.261 e. The molecule has 0 unspecified atom stereocenters. The van der Waals surface area contributed by atoms with E-state index in [1.165, 1.54) is 16.9 Å². The smallest absolute Gasteiger partial charge is 0.261 e. The van der Waals surface area contributed by atoms with Gasteiger partial charge in [-0.25, -0.2) is 8.42 Å². The zero-order valence-electron chi connectivity index (χ0n) is 19.7. The zero-order valence-corrected chi connectivity index (χ0v) is 20.5. The molecule has 0 radical (unpaired) electrons. The summed E-state index contributed by atoms with van der Waals surface area (Å²) in [5.41, 5.74) is 1.84. The van der Waals surface area contributed by atoms with Crippen LogP contribution in [0.5, 0.6) is 11.5 Å². The highest BCUT2D eigenvalue weighted by molar-refractivity contribution is 7.92. The van der Waals surface area contributed by atoms with E-state index in [2.05, 4.69) is 26.1 Å². The molecule has 0 aromatic heterocycles. The van der Waals surface area contributed by atoms with Crippen molar-refractivity contribution in [2.45, 2.75) is 45.6 Å². The van der Waals surface area contributed by atoms with Crippen molar-refractivity contribution in [2.24, 2.45) is 0 Å². The first-order chi connectivity index (χ1) is 14.9. The maximum absolute atomic E-state index is 12.5. The van der Waals surface area contributed by atoms with Gasteiger partial charge < -0.3 is 14.8 Å². The molecule has 2 aromatic carbocycles. The van der Waals surface area contributed by atoms with E-state index < -0.39 is 16.1 Å². The van der Waals surface area contributed by atoms with E-state index in [-0.39, 0.29) is 11.3 Å². The molecule has 176 valence electrons. The predicted octanol–water partition coefficient (Wildman–Crippen LogP) is 3.73. The van der Waals surface area contributed by atoms with E-state index in [4.69, 9.17) is 9.47 Å². The van der Waals surface area contributed by atoms with Crippen LogP contribution in [-0.4, -0.2) is 46.9 Å². The normalized spacial score (nSPS) is 12.7. The van der Waals surface area contributed by atoms with Crippen molar-refractivity contribution < 1.29 is 22.7 Å². The molecule has 0 aliphatic carbocycles. The number of hydrogen-bond acceptors (Lipinski definition) is 5. The van der Waals surface area contributed by atoms with Gasteiger partial charge in [0.05, 0.1) is 18.5 Å². The first kappa shape index (κ1) is 25.5. The van der Waals surface area contributed by atoms with E-state index >= 15 is 0 Å². The number of nitrogens with one attached hydrogen (secondary N) is 1. The summed E-state index contributed by atoms with van der Waals surface area (Å²) in [6.07, 6.45) is 0.977. The molecule has 7 nitrogen and oxygen atoms in total. The van der Waals surface area contributed by atoms with Gasteiger partial charge in [-0.05, 0) is 53.8 Å². The zero-order chi connectivity index (χ0) is 23.9. The average molecular weight is 463 g/mol. The molecule has 1 N–H and O–H groups in total. The number of carbonyl (C=O) groups is 1. The Bertz CT molecular complexity index is 981. The molecule has 8 heteroatoms. The van der Waals surface area contributed by atoms with Crippen LogP contribution in [0.3, 0.4) is 0 Å². The van der Waals surface area contributed by atoms with Gasteiger partial charge in [0.1, 0.15) is 18.1 Å². The van der Waals surface area contributed by atoms with Crippen molar-refractivity contribution in [2.75, 3.05) is 30.8 Å². The summed E-state index contributed by atoms with van der Waals surface area (Å²) < 4.78 is 35.9. The summed E-state index contributed by atoms with van der Waals surface area (Å²) in [6, 6.07) is 14.5. The molecule has 0 aliphatic rings. The molecular formula is C24H34N2O5S. The Balaban J connectivity index is 1.83. The van der Waals surface area contributed by atoms with E-state index in [1.807, 2.05) is 31.2 Å². The molecule has 2 rings (SSSR count). The lowest BCUT2D eigenvalue weighted by Crippen LogP contribution is -2.39. The summed E-state index contributed by atoms with van der Waals surface area (Å²) in [7, 11) is -1.85. The van der Waals surface area contributed by atoms with E-state index in [1.54, 1.807) is 24.3 Å². The number of rotatable bonds is 10. The monoisotopic (exact) mass is 462 g/mol. The molecule has 1 atom stereocenters. The lowest BCUT2D eigenvalue weighted by atomic mass is 9.87. The Morgan fingerprint density at radius 2 is 1.59 bits per heavy atom. The van der Waals surface area contributed by atoms with Gasteiger partial charge in [-0.2, -0.15) is 0 Å². The fraction of sp³-hybridized carbons (Fsp3) is 0.458. The van der Waals surface area contributed by atoms with Crippen LogP contribution in [0.25, 0.3) is 0 Å². The molecule has 1 amide bonds. The number of anilines is 1. The van der Waals surface area contributed by atoms with Gasteiger partial charge in [0.2, 0.25) is 10.0 Å². The highest BCUT2D eigenvalue weighted by Gasteiger charge is 2.19. The minimum atomic E-state index is -3.34. The van der Waals surface area contributed by atoms with Crippen molar-refractivity contribution in [3.8, 4) is 11.5 Å². The van der Waals surface area contributed by atoms with Gasteiger partial charge in [-0.1, -0.05) is 39.8 Å². The molecule has 0 aliphatic heterocycles. The van der Waals surface area contributed by atoms with Crippen LogP contribution in [0.2, 0.25) is 0 Å². The lowest BCUT2D eigenvalue weighted by Gasteiger charge is -2.20. The third kappa shape index (κ3) is 7.44. The van der Waals surface area contributed by atoms with Crippen LogP contribution in [0.4, 0.5) is 5.69 Å². The maximum atomic E-state index is 12.5. The SMILES string of the molecule is CC[C@@H](Oc1ccc(N(C)S(C)(=O)=O)cc1)C(=O)NCCOc1ccc(C(C)(C)C)cc1. The summed E-state index contributed by atoms with van der Waals surface area (Å²) >= 11 is 0. The number of amides is 1. The van der Waals surface area contributed by atoms with Crippen molar-refractivity contribution in [3.05, 3.63) is 54.1 Å². The third-order valence-corrected chi connectivity index (χ3v) is 6.24. The van der Waals surface area contributed by atoms with Crippen molar-refractivity contribution >= 4 is 21.6 Å². The number of carbonyl (C=O) groups excluding carboxylic acids is 1. The molecule has 0 fully saturated rings. The van der Waals surface area contributed by atoms with Crippen LogP contribution in [0.1, 0.15) is 39.7 Å². The van der Waals surface area contributed by atoms with Crippen LogP contribution >= 0.6 is 0 Å². The number of sulfonamides is 1. The Morgan fingerprint density at radius 1 is 1.03 bits per heavy atom. The Kier molecular flexibility index (Phi) is 8.55. The van der Waals surface area contributed by atoms with Gasteiger partial charge >= 0.3 is 0 Å². The second-order valence-corrected chi connectivity index (χ2v) is 10.7. The van der Waals surface area contributed by atoms with Gasteiger partial charge in [-0.3, -0.25) is 9.10 Å². The Hall–Kier alpha value is -2.74. The molecule has 2 aromatic rings. The van der Waals surface area contributed by atoms with Crippen LogP contribution in [0, 0.1) is 0 Å². The van der Waals surface area contributed by atoms with E-state index in [0.29, 0.717) is 31.0 Å². The van der Waals surface area contributed by atoms with Crippen LogP contribution < -0.4 is 19.1 Å². The van der Waals surface area contributed by atoms with Crippen molar-refractivity contribution in [1.29, 1.82) is 0 Å². The van der Waals surface area contributed by atoms with Gasteiger partial charge in [-0.15, -0.1) is 0 Å². The van der Waals surface area contributed by atoms with Gasteiger partial charge in [0, 0.05) is 7.05 Å². The molecule has 0 saturated heterocycles. The van der Waals surface area contributed by atoms with E-state index in [9.17, 15) is 13.2 Å².